The first-order chi connectivity index (χ1) is 4.01. The van der Waals surface area contributed by atoms with Gasteiger partial charge in [-0.2, -0.15) is 0 Å². The normalized spacial score (nSPS) is 48.8. The van der Waals surface area contributed by atoms with E-state index in [2.05, 4.69) is 15.9 Å². The van der Waals surface area contributed by atoms with Crippen molar-refractivity contribution >= 4 is 15.9 Å². The summed E-state index contributed by atoms with van der Waals surface area (Å²) in [4.78, 5) is 8.79. The van der Waals surface area contributed by atoms with Crippen LogP contribution in [0.5, 0.6) is 0 Å². The third-order valence-corrected chi connectivity index (χ3v) is 2.37. The first-order valence-electron chi connectivity index (χ1n) is 2.12. The minimum Gasteiger partial charge on any atom is -0.263 e. The Bertz CT molecular complexity index is 156. The summed E-state index contributed by atoms with van der Waals surface area (Å²) >= 11 is 2.34. The number of halogens is 3. The number of nitro groups is 1. The van der Waals surface area contributed by atoms with Crippen LogP contribution < -0.4 is 0 Å². The Balaban J connectivity index is 2.71. The molecule has 0 saturated heterocycles. The molecule has 1 saturated carbocycles. The first kappa shape index (κ1) is 6.85. The lowest BCUT2D eigenvalue weighted by Crippen LogP contribution is -2.17. The van der Waals surface area contributed by atoms with Gasteiger partial charge in [-0.25, -0.2) is 8.78 Å². The van der Waals surface area contributed by atoms with Gasteiger partial charge < -0.3 is 0 Å². The molecule has 1 aliphatic rings. The van der Waals surface area contributed by atoms with Crippen molar-refractivity contribution in [1.82, 2.24) is 0 Å². The summed E-state index contributed by atoms with van der Waals surface area (Å²) in [6, 6.07) is 0. The molecule has 3 nitrogen and oxygen atoms in total. The third kappa shape index (κ3) is 0.654. The van der Waals surface area contributed by atoms with Gasteiger partial charge >= 0.3 is 4.45 Å². The molecule has 1 aliphatic carbocycles. The summed E-state index contributed by atoms with van der Waals surface area (Å²) < 4.78 is 21.7. The fourth-order valence-corrected chi connectivity index (χ4v) is 0.803. The van der Waals surface area contributed by atoms with Gasteiger partial charge in [0.1, 0.15) is 0 Å². The van der Waals surface area contributed by atoms with Crippen LogP contribution in [0.1, 0.15) is 0 Å². The topological polar surface area (TPSA) is 43.1 Å². The minimum absolute atomic E-state index is 0.998. The number of hydrogen-bond acceptors (Lipinski definition) is 2. The van der Waals surface area contributed by atoms with E-state index in [1.165, 1.54) is 0 Å². The maximum atomic E-state index is 11.9. The molecular weight excluding hydrogens is 200 g/mol. The lowest BCUT2D eigenvalue weighted by atomic mass is 10.7. The van der Waals surface area contributed by atoms with Crippen LogP contribution in [0.25, 0.3) is 0 Å². The molecule has 1 rings (SSSR count). The lowest BCUT2D eigenvalue weighted by molar-refractivity contribution is -0.512. The predicted molar refractivity (Wildman–Crippen MR) is 28.4 cm³/mol. The van der Waals surface area contributed by atoms with Crippen LogP contribution in [0.2, 0.25) is 0 Å². The van der Waals surface area contributed by atoms with E-state index >= 15 is 0 Å². The monoisotopic (exact) mass is 201 g/mol. The van der Waals surface area contributed by atoms with Crippen LogP contribution in [0.4, 0.5) is 8.78 Å². The fraction of sp³-hybridized carbons (Fsp3) is 1.00. The van der Waals surface area contributed by atoms with E-state index in [4.69, 9.17) is 0 Å². The zero-order valence-corrected chi connectivity index (χ0v) is 5.64. The van der Waals surface area contributed by atoms with E-state index in [-0.39, 0.29) is 0 Å². The standard InChI is InChI=1S/C3H2BrF2NO2/c4-3(7(8)9)1(5)2(3)6/h1-2H. The SMILES string of the molecule is O=[N+]([O-])C1(Br)C(F)C1F. The minimum atomic E-state index is -2.13. The first-order valence-corrected chi connectivity index (χ1v) is 2.92. The molecule has 1 fully saturated rings. The molecule has 0 aromatic rings. The zero-order chi connectivity index (χ0) is 7.23. The summed E-state index contributed by atoms with van der Waals surface area (Å²) in [5.74, 6) is 0. The Hall–Kier alpha value is -0.260. The van der Waals surface area contributed by atoms with Crippen LogP contribution in [0.3, 0.4) is 0 Å². The van der Waals surface area contributed by atoms with E-state index in [9.17, 15) is 18.9 Å². The van der Waals surface area contributed by atoms with Crippen molar-refractivity contribution in [1.29, 1.82) is 0 Å². The second kappa shape index (κ2) is 1.62. The van der Waals surface area contributed by atoms with Gasteiger partial charge in [0.05, 0.1) is 0 Å². The number of rotatable bonds is 1. The van der Waals surface area contributed by atoms with Crippen molar-refractivity contribution in [3.63, 3.8) is 0 Å². The van der Waals surface area contributed by atoms with Gasteiger partial charge in [-0.3, -0.25) is 10.1 Å². The molecule has 0 heterocycles. The van der Waals surface area contributed by atoms with Gasteiger partial charge in [0.15, 0.2) is 0 Å². The van der Waals surface area contributed by atoms with E-state index < -0.39 is 21.7 Å². The van der Waals surface area contributed by atoms with Crippen molar-refractivity contribution in [3.8, 4) is 0 Å². The van der Waals surface area contributed by atoms with Gasteiger partial charge in [-0.1, -0.05) is 0 Å². The van der Waals surface area contributed by atoms with Gasteiger partial charge in [0.2, 0.25) is 12.3 Å². The quantitative estimate of drug-likeness (QED) is 0.276. The molecule has 0 bridgehead atoms. The molecule has 9 heavy (non-hydrogen) atoms. The molecule has 2 atom stereocenters. The van der Waals surface area contributed by atoms with Gasteiger partial charge in [-0.05, 0) is 0 Å². The van der Waals surface area contributed by atoms with E-state index in [0.29, 0.717) is 0 Å². The molecule has 52 valence electrons. The van der Waals surface area contributed by atoms with Crippen LogP contribution in [0, 0.1) is 10.1 Å². The molecule has 0 aromatic carbocycles. The maximum Gasteiger partial charge on any atom is 0.342 e. The van der Waals surface area contributed by atoms with E-state index in [0.717, 1.165) is 0 Å². The summed E-state index contributed by atoms with van der Waals surface area (Å²) in [7, 11) is 0. The van der Waals surface area contributed by atoms with E-state index in [1.54, 1.807) is 0 Å². The highest BCUT2D eigenvalue weighted by Crippen LogP contribution is 2.50. The average molecular weight is 202 g/mol. The van der Waals surface area contributed by atoms with Crippen molar-refractivity contribution in [3.05, 3.63) is 10.1 Å². The maximum absolute atomic E-state index is 11.9. The smallest absolute Gasteiger partial charge is 0.263 e. The number of alkyl halides is 3. The molecule has 0 aromatic heterocycles. The average Bonchev–Trinajstić information content (AvgIpc) is 2.22. The molecule has 0 aliphatic heterocycles. The van der Waals surface area contributed by atoms with Gasteiger partial charge in [0, 0.05) is 20.9 Å². The highest BCUT2D eigenvalue weighted by atomic mass is 79.9. The van der Waals surface area contributed by atoms with Crippen molar-refractivity contribution in [2.45, 2.75) is 16.8 Å². The third-order valence-electron chi connectivity index (χ3n) is 1.20. The molecular formula is C3H2BrF2NO2. The lowest BCUT2D eigenvalue weighted by Gasteiger charge is -1.91. The zero-order valence-electron chi connectivity index (χ0n) is 4.05. The largest absolute Gasteiger partial charge is 0.342 e. The van der Waals surface area contributed by atoms with Crippen molar-refractivity contribution in [2.75, 3.05) is 0 Å². The van der Waals surface area contributed by atoms with Gasteiger partial charge in [0.25, 0.3) is 0 Å². The highest BCUT2D eigenvalue weighted by Gasteiger charge is 2.78. The predicted octanol–water partition coefficient (Wildman–Crippen LogP) is 1.04. The number of nitrogens with zero attached hydrogens (tertiary/aromatic N) is 1. The van der Waals surface area contributed by atoms with Crippen LogP contribution in [0.15, 0.2) is 0 Å². The van der Waals surface area contributed by atoms with Crippen molar-refractivity contribution in [2.24, 2.45) is 0 Å². The summed E-state index contributed by atoms with van der Waals surface area (Å²) in [5, 5.41) is 9.78. The molecule has 2 unspecified atom stereocenters. The second-order valence-corrected chi connectivity index (χ2v) is 3.06. The van der Waals surface area contributed by atoms with Crippen molar-refractivity contribution < 1.29 is 13.7 Å². The molecule has 6 heteroatoms. The Labute approximate surface area is 57.3 Å². The summed E-state index contributed by atoms with van der Waals surface area (Å²) in [5.41, 5.74) is 0. The second-order valence-electron chi connectivity index (χ2n) is 1.79. The summed E-state index contributed by atoms with van der Waals surface area (Å²) in [6.45, 7) is 0. The van der Waals surface area contributed by atoms with Crippen LogP contribution >= 0.6 is 15.9 Å². The van der Waals surface area contributed by atoms with Crippen LogP contribution in [-0.4, -0.2) is 21.7 Å². The Morgan fingerprint density at radius 2 is 1.89 bits per heavy atom. The number of hydrogen-bond donors (Lipinski definition) is 0. The fourth-order valence-electron chi connectivity index (χ4n) is 0.471. The highest BCUT2D eigenvalue weighted by molar-refractivity contribution is 9.10. The summed E-state index contributed by atoms with van der Waals surface area (Å²) in [6.07, 6.45) is -3.99. The van der Waals surface area contributed by atoms with Gasteiger partial charge in [-0.15, -0.1) is 0 Å². The van der Waals surface area contributed by atoms with E-state index in [1.807, 2.05) is 0 Å². The van der Waals surface area contributed by atoms with Crippen LogP contribution in [-0.2, 0) is 0 Å². The Kier molecular flexibility index (Phi) is 1.23. The molecule has 0 spiro atoms. The molecule has 0 radical (unpaired) electrons. The Morgan fingerprint density at radius 1 is 1.56 bits per heavy atom. The Morgan fingerprint density at radius 3 is 1.89 bits per heavy atom. The molecule has 0 N–H and O–H groups in total. The molecule has 0 amide bonds.